The van der Waals surface area contributed by atoms with Gasteiger partial charge in [0.25, 0.3) is 0 Å². The molecule has 0 aliphatic rings. The Kier molecular flexibility index (Phi) is 4.88. The van der Waals surface area contributed by atoms with Crippen molar-refractivity contribution in [3.8, 4) is 5.75 Å². The van der Waals surface area contributed by atoms with E-state index in [9.17, 15) is 9.59 Å². The zero-order chi connectivity index (χ0) is 15.1. The molecule has 21 heavy (non-hydrogen) atoms. The van der Waals surface area contributed by atoms with E-state index in [0.717, 1.165) is 0 Å². The fourth-order valence-corrected chi connectivity index (χ4v) is 1.71. The van der Waals surface area contributed by atoms with E-state index in [1.807, 2.05) is 18.2 Å². The first-order valence-electron chi connectivity index (χ1n) is 6.41. The van der Waals surface area contributed by atoms with Crippen molar-refractivity contribution in [2.75, 3.05) is 12.4 Å². The molecular weight excluding hydrogens is 266 g/mol. The van der Waals surface area contributed by atoms with Crippen molar-refractivity contribution in [2.45, 2.75) is 0 Å². The fraction of sp³-hybridized carbons (Fsp3) is 0.0588. The molecule has 0 saturated heterocycles. The molecule has 0 unspecified atom stereocenters. The number of allylic oxidation sites excluding steroid dienone is 1. The number of carbonyl (C=O) groups is 2. The summed E-state index contributed by atoms with van der Waals surface area (Å²) >= 11 is 0. The van der Waals surface area contributed by atoms with Gasteiger partial charge in [-0.2, -0.15) is 0 Å². The SMILES string of the molecule is COc1ccc(C(=O)/C=C/C(=O)Nc2ccccc2)cc1. The average Bonchev–Trinajstić information content (AvgIpc) is 2.53. The van der Waals surface area contributed by atoms with Gasteiger partial charge in [0.1, 0.15) is 5.75 Å². The smallest absolute Gasteiger partial charge is 0.248 e. The summed E-state index contributed by atoms with van der Waals surface area (Å²) in [6, 6.07) is 15.8. The third-order valence-electron chi connectivity index (χ3n) is 2.80. The minimum atomic E-state index is -0.344. The van der Waals surface area contributed by atoms with E-state index in [4.69, 9.17) is 4.74 Å². The van der Waals surface area contributed by atoms with Crippen LogP contribution in [-0.4, -0.2) is 18.8 Å². The molecule has 1 amide bonds. The molecule has 4 nitrogen and oxygen atoms in total. The van der Waals surface area contributed by atoms with Gasteiger partial charge in [0.05, 0.1) is 7.11 Å². The molecule has 2 aromatic carbocycles. The maximum Gasteiger partial charge on any atom is 0.248 e. The maximum absolute atomic E-state index is 11.9. The monoisotopic (exact) mass is 281 g/mol. The predicted octanol–water partition coefficient (Wildman–Crippen LogP) is 3.07. The van der Waals surface area contributed by atoms with Gasteiger partial charge in [-0.15, -0.1) is 0 Å². The Morgan fingerprint density at radius 2 is 1.62 bits per heavy atom. The van der Waals surface area contributed by atoms with Gasteiger partial charge in [-0.25, -0.2) is 0 Å². The van der Waals surface area contributed by atoms with Crippen LogP contribution in [0, 0.1) is 0 Å². The number of rotatable bonds is 5. The molecule has 106 valence electrons. The van der Waals surface area contributed by atoms with Crippen molar-refractivity contribution in [3.63, 3.8) is 0 Å². The Labute approximate surface area is 123 Å². The number of ketones is 1. The molecule has 0 fully saturated rings. The molecule has 0 spiro atoms. The maximum atomic E-state index is 11.9. The van der Waals surface area contributed by atoms with Crippen LogP contribution in [0.3, 0.4) is 0 Å². The first kappa shape index (κ1) is 14.5. The summed E-state index contributed by atoms with van der Waals surface area (Å²) < 4.78 is 5.02. The van der Waals surface area contributed by atoms with Gasteiger partial charge in [-0.3, -0.25) is 9.59 Å². The molecule has 0 saturated carbocycles. The first-order valence-corrected chi connectivity index (χ1v) is 6.41. The van der Waals surface area contributed by atoms with Crippen molar-refractivity contribution in [1.29, 1.82) is 0 Å². The Balaban J connectivity index is 1.96. The van der Waals surface area contributed by atoms with E-state index in [-0.39, 0.29) is 11.7 Å². The fourth-order valence-electron chi connectivity index (χ4n) is 1.71. The normalized spacial score (nSPS) is 10.3. The minimum absolute atomic E-state index is 0.235. The lowest BCUT2D eigenvalue weighted by molar-refractivity contribution is -0.111. The van der Waals surface area contributed by atoms with Crippen LogP contribution in [0.5, 0.6) is 5.75 Å². The van der Waals surface area contributed by atoms with Crippen LogP contribution in [0.25, 0.3) is 0 Å². The summed E-state index contributed by atoms with van der Waals surface area (Å²) in [6.07, 6.45) is 2.47. The van der Waals surface area contributed by atoms with Crippen LogP contribution in [0.4, 0.5) is 5.69 Å². The van der Waals surface area contributed by atoms with Crippen molar-refractivity contribution in [1.82, 2.24) is 0 Å². The van der Waals surface area contributed by atoms with Crippen molar-refractivity contribution in [2.24, 2.45) is 0 Å². The second-order valence-corrected chi connectivity index (χ2v) is 4.28. The zero-order valence-electron chi connectivity index (χ0n) is 11.6. The summed E-state index contributed by atoms with van der Waals surface area (Å²) in [4.78, 5) is 23.6. The van der Waals surface area contributed by atoms with Crippen LogP contribution in [0.1, 0.15) is 10.4 Å². The van der Waals surface area contributed by atoms with Crippen molar-refractivity contribution < 1.29 is 14.3 Å². The van der Waals surface area contributed by atoms with Crippen molar-refractivity contribution >= 4 is 17.4 Å². The number of ether oxygens (including phenoxy) is 1. The van der Waals surface area contributed by atoms with E-state index >= 15 is 0 Å². The highest BCUT2D eigenvalue weighted by Crippen LogP contribution is 2.12. The van der Waals surface area contributed by atoms with E-state index in [1.54, 1.807) is 43.5 Å². The first-order chi connectivity index (χ1) is 10.2. The second kappa shape index (κ2) is 7.05. The molecule has 0 aliphatic heterocycles. The van der Waals surface area contributed by atoms with Crippen LogP contribution >= 0.6 is 0 Å². The molecular formula is C17H15NO3. The number of methoxy groups -OCH3 is 1. The molecule has 0 heterocycles. The zero-order valence-corrected chi connectivity index (χ0v) is 11.6. The number of benzene rings is 2. The number of amides is 1. The Morgan fingerprint density at radius 3 is 2.24 bits per heavy atom. The average molecular weight is 281 g/mol. The van der Waals surface area contributed by atoms with Gasteiger partial charge in [0, 0.05) is 17.3 Å². The topological polar surface area (TPSA) is 55.4 Å². The van der Waals surface area contributed by atoms with Gasteiger partial charge in [0.2, 0.25) is 5.91 Å². The third kappa shape index (κ3) is 4.31. The molecule has 0 bridgehead atoms. The largest absolute Gasteiger partial charge is 0.497 e. The van der Waals surface area contributed by atoms with Gasteiger partial charge in [-0.1, -0.05) is 18.2 Å². The lowest BCUT2D eigenvalue weighted by Gasteiger charge is -2.01. The predicted molar refractivity (Wildman–Crippen MR) is 81.5 cm³/mol. The van der Waals surface area contributed by atoms with Crippen LogP contribution in [0.2, 0.25) is 0 Å². The Bertz CT molecular complexity index is 645. The van der Waals surface area contributed by atoms with Crippen molar-refractivity contribution in [3.05, 3.63) is 72.3 Å². The number of anilines is 1. The van der Waals surface area contributed by atoms with E-state index in [0.29, 0.717) is 17.0 Å². The highest BCUT2D eigenvalue weighted by Gasteiger charge is 2.03. The molecule has 0 aromatic heterocycles. The van der Waals surface area contributed by atoms with Gasteiger partial charge in [0.15, 0.2) is 5.78 Å². The van der Waals surface area contributed by atoms with E-state index in [2.05, 4.69) is 5.32 Å². The third-order valence-corrected chi connectivity index (χ3v) is 2.80. The lowest BCUT2D eigenvalue weighted by atomic mass is 10.1. The number of hydrogen-bond acceptors (Lipinski definition) is 3. The molecule has 0 atom stereocenters. The summed E-state index contributed by atoms with van der Waals surface area (Å²) in [5.74, 6) is 0.0984. The summed E-state index contributed by atoms with van der Waals surface area (Å²) in [7, 11) is 1.56. The molecule has 0 aliphatic carbocycles. The minimum Gasteiger partial charge on any atom is -0.497 e. The summed E-state index contributed by atoms with van der Waals surface area (Å²) in [5.41, 5.74) is 1.18. The lowest BCUT2D eigenvalue weighted by Crippen LogP contribution is -2.08. The van der Waals surface area contributed by atoms with Gasteiger partial charge >= 0.3 is 0 Å². The van der Waals surface area contributed by atoms with Gasteiger partial charge in [-0.05, 0) is 42.5 Å². The molecule has 0 radical (unpaired) electrons. The molecule has 2 aromatic rings. The summed E-state index contributed by atoms with van der Waals surface area (Å²) in [6.45, 7) is 0. The quantitative estimate of drug-likeness (QED) is 0.677. The highest BCUT2D eigenvalue weighted by atomic mass is 16.5. The second-order valence-electron chi connectivity index (χ2n) is 4.28. The molecule has 1 N–H and O–H groups in total. The summed E-state index contributed by atoms with van der Waals surface area (Å²) in [5, 5.41) is 2.67. The Hall–Kier alpha value is -2.88. The van der Waals surface area contributed by atoms with Crippen LogP contribution in [-0.2, 0) is 4.79 Å². The van der Waals surface area contributed by atoms with E-state index < -0.39 is 0 Å². The number of nitrogens with one attached hydrogen (secondary N) is 1. The standard InChI is InChI=1S/C17H15NO3/c1-21-15-9-7-13(8-10-15)16(19)11-12-17(20)18-14-5-3-2-4-6-14/h2-12H,1H3,(H,18,20)/b12-11+. The van der Waals surface area contributed by atoms with E-state index in [1.165, 1.54) is 12.2 Å². The number of carbonyl (C=O) groups excluding carboxylic acids is 2. The highest BCUT2D eigenvalue weighted by molar-refractivity contribution is 6.09. The van der Waals surface area contributed by atoms with Crippen LogP contribution in [0.15, 0.2) is 66.7 Å². The Morgan fingerprint density at radius 1 is 0.952 bits per heavy atom. The van der Waals surface area contributed by atoms with Crippen LogP contribution < -0.4 is 10.1 Å². The number of para-hydroxylation sites is 1. The molecule has 2 rings (SSSR count). The van der Waals surface area contributed by atoms with Gasteiger partial charge < -0.3 is 10.1 Å². The number of hydrogen-bond donors (Lipinski definition) is 1. The molecule has 4 heteroatoms.